The van der Waals surface area contributed by atoms with Gasteiger partial charge < -0.3 is 14.4 Å². The summed E-state index contributed by atoms with van der Waals surface area (Å²) in [5.74, 6) is 2.33. The predicted molar refractivity (Wildman–Crippen MR) is 81.4 cm³/mol. The Morgan fingerprint density at radius 1 is 1.00 bits per heavy atom. The van der Waals surface area contributed by atoms with Crippen LogP contribution in [-0.4, -0.2) is 63.4 Å². The molecule has 0 spiro atoms. The monoisotopic (exact) mass is 313 g/mol. The largest absolute Gasteiger partial charge is 0.497 e. The predicted octanol–water partition coefficient (Wildman–Crippen LogP) is 0.426. The molecular formula is C14H15N7O2. The zero-order valence-corrected chi connectivity index (χ0v) is 12.6. The van der Waals surface area contributed by atoms with Crippen LogP contribution in [0.4, 0.5) is 5.95 Å². The van der Waals surface area contributed by atoms with Crippen LogP contribution in [0.5, 0.6) is 5.75 Å². The van der Waals surface area contributed by atoms with Crippen LogP contribution >= 0.6 is 0 Å². The summed E-state index contributed by atoms with van der Waals surface area (Å²) < 4.78 is 12.1. The van der Waals surface area contributed by atoms with E-state index in [2.05, 4.69) is 30.4 Å². The van der Waals surface area contributed by atoms with Gasteiger partial charge in [0.25, 0.3) is 5.78 Å². The highest BCUT2D eigenvalue weighted by Crippen LogP contribution is 2.19. The molecule has 2 aromatic heterocycles. The summed E-state index contributed by atoms with van der Waals surface area (Å²) in [5.41, 5.74) is 0.849. The highest BCUT2D eigenvalue weighted by Gasteiger charge is 2.19. The van der Waals surface area contributed by atoms with Crippen LogP contribution in [0.3, 0.4) is 0 Å². The minimum atomic E-state index is 0.378. The van der Waals surface area contributed by atoms with Crippen molar-refractivity contribution in [3.05, 3.63) is 24.3 Å². The number of ether oxygens (including phenoxy) is 2. The van der Waals surface area contributed by atoms with Gasteiger partial charge >= 0.3 is 0 Å². The van der Waals surface area contributed by atoms with Crippen LogP contribution in [0.15, 0.2) is 24.3 Å². The molecule has 23 heavy (non-hydrogen) atoms. The lowest BCUT2D eigenvalue weighted by Gasteiger charge is -2.25. The molecule has 0 bridgehead atoms. The second kappa shape index (κ2) is 5.76. The summed E-state index contributed by atoms with van der Waals surface area (Å²) in [6.07, 6.45) is 0. The lowest BCUT2D eigenvalue weighted by Crippen LogP contribution is -2.37. The quantitative estimate of drug-likeness (QED) is 0.687. The summed E-state index contributed by atoms with van der Waals surface area (Å²) in [5, 5.41) is 21.0. The molecule has 1 aromatic carbocycles. The van der Waals surface area contributed by atoms with E-state index in [0.717, 1.165) is 24.4 Å². The molecule has 0 atom stereocenters. The molecule has 1 saturated heterocycles. The van der Waals surface area contributed by atoms with Gasteiger partial charge in [0.2, 0.25) is 11.8 Å². The number of fused-ring (bicyclic) bond motifs is 1. The minimum absolute atomic E-state index is 0.378. The molecular weight excluding hydrogens is 298 g/mol. The first-order valence-electron chi connectivity index (χ1n) is 7.28. The molecule has 3 aromatic rings. The van der Waals surface area contributed by atoms with Crippen LogP contribution < -0.4 is 9.64 Å². The van der Waals surface area contributed by atoms with E-state index >= 15 is 0 Å². The molecule has 0 unspecified atom stereocenters. The van der Waals surface area contributed by atoms with Gasteiger partial charge in [-0.3, -0.25) is 0 Å². The van der Waals surface area contributed by atoms with Gasteiger partial charge in [-0.1, -0.05) is 0 Å². The second-order valence-corrected chi connectivity index (χ2v) is 5.06. The van der Waals surface area contributed by atoms with E-state index in [1.54, 1.807) is 11.6 Å². The van der Waals surface area contributed by atoms with Gasteiger partial charge in [0.05, 0.1) is 20.3 Å². The fourth-order valence-corrected chi connectivity index (χ4v) is 2.44. The zero-order chi connectivity index (χ0) is 15.6. The van der Waals surface area contributed by atoms with Crippen molar-refractivity contribution in [1.82, 2.24) is 30.0 Å². The Balaban J connectivity index is 1.73. The van der Waals surface area contributed by atoms with Gasteiger partial charge in [0, 0.05) is 18.7 Å². The molecule has 118 valence electrons. The molecule has 0 N–H and O–H groups in total. The normalized spacial score (nSPS) is 15.1. The Morgan fingerprint density at radius 3 is 2.48 bits per heavy atom. The molecule has 0 radical (unpaired) electrons. The molecule has 3 heterocycles. The fourth-order valence-electron chi connectivity index (χ4n) is 2.44. The number of methoxy groups -OCH3 is 1. The topological polar surface area (TPSA) is 90.6 Å². The van der Waals surface area contributed by atoms with Crippen molar-refractivity contribution in [2.24, 2.45) is 0 Å². The Kier molecular flexibility index (Phi) is 3.46. The van der Waals surface area contributed by atoms with Crippen LogP contribution in [0.1, 0.15) is 0 Å². The number of hydrogen-bond donors (Lipinski definition) is 0. The number of aromatic nitrogens is 6. The average Bonchev–Trinajstić information content (AvgIpc) is 3.05. The van der Waals surface area contributed by atoms with E-state index in [9.17, 15) is 0 Å². The maximum absolute atomic E-state index is 5.37. The third kappa shape index (κ3) is 2.55. The van der Waals surface area contributed by atoms with Crippen LogP contribution in [0.25, 0.3) is 17.2 Å². The Labute approximate surface area is 131 Å². The number of morpholine rings is 1. The second-order valence-electron chi connectivity index (χ2n) is 5.06. The number of rotatable bonds is 3. The molecule has 1 aliphatic heterocycles. The van der Waals surface area contributed by atoms with Gasteiger partial charge in [0.1, 0.15) is 5.75 Å². The lowest BCUT2D eigenvalue weighted by atomic mass is 10.2. The molecule has 0 aliphatic carbocycles. The highest BCUT2D eigenvalue weighted by atomic mass is 16.5. The van der Waals surface area contributed by atoms with Gasteiger partial charge in [-0.15, -0.1) is 25.5 Å². The average molecular weight is 313 g/mol. The highest BCUT2D eigenvalue weighted by molar-refractivity contribution is 5.56. The van der Waals surface area contributed by atoms with Crippen LogP contribution in [0, 0.1) is 0 Å². The minimum Gasteiger partial charge on any atom is -0.497 e. The van der Waals surface area contributed by atoms with Crippen LogP contribution in [-0.2, 0) is 4.74 Å². The van der Waals surface area contributed by atoms with Crippen molar-refractivity contribution in [3.8, 4) is 17.1 Å². The van der Waals surface area contributed by atoms with E-state index in [1.165, 1.54) is 0 Å². The van der Waals surface area contributed by atoms with Crippen LogP contribution in [0.2, 0.25) is 0 Å². The number of hydrogen-bond acceptors (Lipinski definition) is 8. The third-order valence-electron chi connectivity index (χ3n) is 3.68. The maximum atomic E-state index is 5.37. The van der Waals surface area contributed by atoms with Crippen molar-refractivity contribution in [2.45, 2.75) is 0 Å². The van der Waals surface area contributed by atoms with E-state index in [1.807, 2.05) is 24.3 Å². The van der Waals surface area contributed by atoms with E-state index in [4.69, 9.17) is 9.47 Å². The zero-order valence-electron chi connectivity index (χ0n) is 12.6. The van der Waals surface area contributed by atoms with E-state index < -0.39 is 0 Å². The Bertz CT molecular complexity index is 812. The molecule has 1 fully saturated rings. The first-order chi connectivity index (χ1) is 11.3. The van der Waals surface area contributed by atoms with Gasteiger partial charge in [0.15, 0.2) is 0 Å². The lowest BCUT2D eigenvalue weighted by molar-refractivity contribution is 0.122. The first-order valence-corrected chi connectivity index (χ1v) is 7.28. The SMILES string of the molecule is COc1ccc(-c2nnc3nnc(N4CCOCC4)n3n2)cc1. The molecule has 4 rings (SSSR count). The molecule has 1 aliphatic rings. The van der Waals surface area contributed by atoms with E-state index in [-0.39, 0.29) is 0 Å². The molecule has 0 saturated carbocycles. The van der Waals surface area contributed by atoms with Crippen molar-refractivity contribution < 1.29 is 9.47 Å². The van der Waals surface area contributed by atoms with Crippen molar-refractivity contribution in [3.63, 3.8) is 0 Å². The summed E-state index contributed by atoms with van der Waals surface area (Å²) in [7, 11) is 1.63. The molecule has 9 nitrogen and oxygen atoms in total. The first kappa shape index (κ1) is 13.8. The number of anilines is 1. The summed E-state index contributed by atoms with van der Waals surface area (Å²) >= 11 is 0. The molecule has 0 amide bonds. The Morgan fingerprint density at radius 2 is 1.74 bits per heavy atom. The van der Waals surface area contributed by atoms with Gasteiger partial charge in [-0.25, -0.2) is 0 Å². The fraction of sp³-hybridized carbons (Fsp3) is 0.357. The van der Waals surface area contributed by atoms with Gasteiger partial charge in [-0.05, 0) is 24.3 Å². The van der Waals surface area contributed by atoms with Crippen molar-refractivity contribution in [1.29, 1.82) is 0 Å². The summed E-state index contributed by atoms with van der Waals surface area (Å²) in [6.45, 7) is 2.84. The summed E-state index contributed by atoms with van der Waals surface area (Å²) in [4.78, 5) is 2.08. The number of benzene rings is 1. The Hall–Kier alpha value is -2.81. The van der Waals surface area contributed by atoms with E-state index in [0.29, 0.717) is 30.8 Å². The van der Waals surface area contributed by atoms with Gasteiger partial charge in [-0.2, -0.15) is 4.52 Å². The number of nitrogens with zero attached hydrogens (tertiary/aromatic N) is 7. The standard InChI is InChI=1S/C14H15N7O2/c1-22-11-4-2-10(3-5-11)12-15-16-13-17-18-14(21(13)19-12)20-6-8-23-9-7-20/h2-5H,6-9H2,1H3. The summed E-state index contributed by atoms with van der Waals surface area (Å²) in [6, 6.07) is 7.50. The van der Waals surface area contributed by atoms with Crippen molar-refractivity contribution in [2.75, 3.05) is 38.3 Å². The maximum Gasteiger partial charge on any atom is 0.292 e. The molecule has 9 heteroatoms. The smallest absolute Gasteiger partial charge is 0.292 e. The third-order valence-corrected chi connectivity index (χ3v) is 3.68. The van der Waals surface area contributed by atoms with Crippen molar-refractivity contribution >= 4 is 11.7 Å².